The van der Waals surface area contributed by atoms with Crippen LogP contribution in [0.3, 0.4) is 0 Å². The molecular formula is C24H46. The van der Waals surface area contributed by atoms with Crippen LogP contribution >= 0.6 is 0 Å². The maximum absolute atomic E-state index is 2.54. The van der Waals surface area contributed by atoms with Crippen LogP contribution in [0.5, 0.6) is 0 Å². The lowest BCUT2D eigenvalue weighted by molar-refractivity contribution is 0.129. The largest absolute Gasteiger partial charge is 0.0917 e. The molecule has 0 aliphatic rings. The van der Waals surface area contributed by atoms with E-state index in [1.165, 1.54) is 38.5 Å². The van der Waals surface area contributed by atoms with Gasteiger partial charge in [0.15, 0.2) is 0 Å². The zero-order valence-corrected chi connectivity index (χ0v) is 18.3. The number of allylic oxidation sites excluding steroid dienone is 4. The van der Waals surface area contributed by atoms with Gasteiger partial charge in [0, 0.05) is 0 Å². The van der Waals surface area contributed by atoms with Crippen molar-refractivity contribution >= 4 is 0 Å². The van der Waals surface area contributed by atoms with Crippen LogP contribution in [0.1, 0.15) is 101 Å². The molecule has 0 fully saturated rings. The van der Waals surface area contributed by atoms with Gasteiger partial charge in [-0.25, -0.2) is 0 Å². The van der Waals surface area contributed by atoms with Gasteiger partial charge in [-0.15, -0.1) is 0 Å². The second kappa shape index (κ2) is 11.9. The molecule has 0 aromatic carbocycles. The van der Waals surface area contributed by atoms with Crippen LogP contribution in [-0.4, -0.2) is 0 Å². The zero-order valence-electron chi connectivity index (χ0n) is 18.3. The SMILES string of the molecule is CC=CCC(C(C)C)C(C)C(CCC)CC(CC)(CC)C(C)=CC. The summed E-state index contributed by atoms with van der Waals surface area (Å²) in [6, 6.07) is 0. The summed E-state index contributed by atoms with van der Waals surface area (Å²) in [5, 5.41) is 0. The van der Waals surface area contributed by atoms with E-state index >= 15 is 0 Å². The van der Waals surface area contributed by atoms with E-state index in [0.717, 1.165) is 23.7 Å². The highest BCUT2D eigenvalue weighted by Crippen LogP contribution is 2.46. The van der Waals surface area contributed by atoms with Crippen LogP contribution in [0, 0.1) is 29.1 Å². The first-order valence-electron chi connectivity index (χ1n) is 10.6. The fourth-order valence-corrected chi connectivity index (χ4v) is 4.72. The van der Waals surface area contributed by atoms with Gasteiger partial charge in [-0.3, -0.25) is 0 Å². The van der Waals surface area contributed by atoms with Gasteiger partial charge in [-0.2, -0.15) is 0 Å². The Morgan fingerprint density at radius 1 is 1.00 bits per heavy atom. The van der Waals surface area contributed by atoms with Gasteiger partial charge >= 0.3 is 0 Å². The van der Waals surface area contributed by atoms with Crippen LogP contribution in [0.2, 0.25) is 0 Å². The zero-order chi connectivity index (χ0) is 18.8. The molecule has 0 heteroatoms. The minimum atomic E-state index is 0.408. The molecule has 142 valence electrons. The van der Waals surface area contributed by atoms with Gasteiger partial charge in [0.05, 0.1) is 0 Å². The summed E-state index contributed by atoms with van der Waals surface area (Å²) in [5.41, 5.74) is 2.01. The second-order valence-electron chi connectivity index (χ2n) is 8.28. The molecule has 0 bridgehead atoms. The molecule has 3 unspecified atom stereocenters. The molecule has 0 saturated heterocycles. The van der Waals surface area contributed by atoms with Gasteiger partial charge in [-0.1, -0.05) is 78.2 Å². The van der Waals surface area contributed by atoms with Crippen molar-refractivity contribution in [3.63, 3.8) is 0 Å². The van der Waals surface area contributed by atoms with E-state index in [1.54, 1.807) is 5.57 Å². The van der Waals surface area contributed by atoms with E-state index < -0.39 is 0 Å². The molecule has 3 atom stereocenters. The Bertz CT molecular complexity index is 367. The molecule has 0 saturated carbocycles. The smallest absolute Gasteiger partial charge is 0.00935 e. The van der Waals surface area contributed by atoms with E-state index in [1.807, 2.05) is 0 Å². The molecule has 0 aliphatic heterocycles. The highest BCUT2D eigenvalue weighted by Gasteiger charge is 2.35. The molecule has 0 amide bonds. The Morgan fingerprint density at radius 3 is 1.96 bits per heavy atom. The van der Waals surface area contributed by atoms with Crippen LogP contribution in [-0.2, 0) is 0 Å². The Kier molecular flexibility index (Phi) is 11.7. The summed E-state index contributed by atoms with van der Waals surface area (Å²) in [7, 11) is 0. The molecule has 0 N–H and O–H groups in total. The summed E-state index contributed by atoms with van der Waals surface area (Å²) in [4.78, 5) is 0. The van der Waals surface area contributed by atoms with Crippen LogP contribution in [0.15, 0.2) is 23.8 Å². The Hall–Kier alpha value is -0.520. The highest BCUT2D eigenvalue weighted by molar-refractivity contribution is 5.11. The monoisotopic (exact) mass is 334 g/mol. The van der Waals surface area contributed by atoms with E-state index in [4.69, 9.17) is 0 Å². The van der Waals surface area contributed by atoms with Gasteiger partial charge in [0.25, 0.3) is 0 Å². The summed E-state index contributed by atoms with van der Waals surface area (Å²) in [6.07, 6.45) is 14.8. The molecule has 0 radical (unpaired) electrons. The van der Waals surface area contributed by atoms with Crippen molar-refractivity contribution in [3.8, 4) is 0 Å². The van der Waals surface area contributed by atoms with Gasteiger partial charge in [0.2, 0.25) is 0 Å². The average Bonchev–Trinajstić information content (AvgIpc) is 2.58. The predicted molar refractivity (Wildman–Crippen MR) is 112 cm³/mol. The molecule has 0 nitrogen and oxygen atoms in total. The predicted octanol–water partition coefficient (Wildman–Crippen LogP) is 8.44. The van der Waals surface area contributed by atoms with E-state index in [2.05, 4.69) is 80.5 Å². The van der Waals surface area contributed by atoms with Crippen molar-refractivity contribution in [2.24, 2.45) is 29.1 Å². The summed E-state index contributed by atoms with van der Waals surface area (Å²) < 4.78 is 0. The standard InChI is InChI=1S/C24H46/c1-10-15-17-23(19(6)7)21(9)22(16-11-2)18-24(13-4,14-5)20(8)12-3/h10,12,15,19,21-23H,11,13-14,16-18H2,1-9H3. The average molecular weight is 335 g/mol. The van der Waals surface area contributed by atoms with Crippen molar-refractivity contribution in [1.29, 1.82) is 0 Å². The number of rotatable bonds is 12. The summed E-state index contributed by atoms with van der Waals surface area (Å²) in [5.74, 6) is 3.19. The summed E-state index contributed by atoms with van der Waals surface area (Å²) >= 11 is 0. The molecule has 24 heavy (non-hydrogen) atoms. The highest BCUT2D eigenvalue weighted by atomic mass is 14.4. The van der Waals surface area contributed by atoms with Crippen molar-refractivity contribution < 1.29 is 0 Å². The maximum Gasteiger partial charge on any atom is -0.00935 e. The third-order valence-electron chi connectivity index (χ3n) is 6.85. The van der Waals surface area contributed by atoms with Crippen molar-refractivity contribution in [2.75, 3.05) is 0 Å². The molecule has 0 heterocycles. The van der Waals surface area contributed by atoms with E-state index in [-0.39, 0.29) is 0 Å². The maximum atomic E-state index is 2.54. The van der Waals surface area contributed by atoms with Gasteiger partial charge in [-0.05, 0) is 75.5 Å². The fraction of sp³-hybridized carbons (Fsp3) is 0.833. The van der Waals surface area contributed by atoms with Crippen molar-refractivity contribution in [3.05, 3.63) is 23.8 Å². The lowest BCUT2D eigenvalue weighted by Crippen LogP contribution is -2.31. The second-order valence-corrected chi connectivity index (χ2v) is 8.28. The first-order chi connectivity index (χ1) is 11.3. The number of hydrogen-bond donors (Lipinski definition) is 0. The molecule has 0 spiro atoms. The van der Waals surface area contributed by atoms with Gasteiger partial charge < -0.3 is 0 Å². The molecule has 0 rings (SSSR count). The quantitative estimate of drug-likeness (QED) is 0.314. The first-order valence-corrected chi connectivity index (χ1v) is 10.6. The minimum absolute atomic E-state index is 0.408. The van der Waals surface area contributed by atoms with Crippen LogP contribution in [0.4, 0.5) is 0 Å². The fourth-order valence-electron chi connectivity index (χ4n) is 4.72. The Balaban J connectivity index is 5.51. The van der Waals surface area contributed by atoms with E-state index in [0.29, 0.717) is 5.41 Å². The van der Waals surface area contributed by atoms with Crippen molar-refractivity contribution in [2.45, 2.75) is 101 Å². The van der Waals surface area contributed by atoms with Crippen molar-refractivity contribution in [1.82, 2.24) is 0 Å². The third kappa shape index (κ3) is 6.41. The van der Waals surface area contributed by atoms with Crippen LogP contribution in [0.25, 0.3) is 0 Å². The summed E-state index contributed by atoms with van der Waals surface area (Å²) in [6.45, 7) is 21.2. The van der Waals surface area contributed by atoms with Gasteiger partial charge in [0.1, 0.15) is 0 Å². The molecule has 0 aromatic heterocycles. The molecule has 0 aliphatic carbocycles. The molecule has 0 aromatic rings. The van der Waals surface area contributed by atoms with E-state index in [9.17, 15) is 0 Å². The molecular weight excluding hydrogens is 288 g/mol. The number of hydrogen-bond acceptors (Lipinski definition) is 0. The lowest BCUT2D eigenvalue weighted by Gasteiger charge is -2.41. The minimum Gasteiger partial charge on any atom is -0.0917 e. The third-order valence-corrected chi connectivity index (χ3v) is 6.85. The first kappa shape index (κ1) is 23.5. The lowest BCUT2D eigenvalue weighted by atomic mass is 9.64. The van der Waals surface area contributed by atoms with Crippen LogP contribution < -0.4 is 0 Å². The topological polar surface area (TPSA) is 0 Å². The normalized spacial score (nSPS) is 17.5. The Morgan fingerprint density at radius 2 is 1.58 bits per heavy atom. The Labute approximate surface area is 154 Å².